The molecule has 0 saturated heterocycles. The van der Waals surface area contributed by atoms with E-state index in [-0.39, 0.29) is 11.9 Å². The van der Waals surface area contributed by atoms with Crippen molar-refractivity contribution in [3.63, 3.8) is 0 Å². The number of nitrogens with one attached hydrogen (secondary N) is 1. The third kappa shape index (κ3) is 2.76. The number of hydrogen-bond acceptors (Lipinski definition) is 3. The molecule has 0 aliphatic heterocycles. The van der Waals surface area contributed by atoms with Crippen molar-refractivity contribution in [2.24, 2.45) is 0 Å². The fraction of sp³-hybridized carbons (Fsp3) is 0.286. The first kappa shape index (κ1) is 12.8. The van der Waals surface area contributed by atoms with E-state index in [1.54, 1.807) is 11.3 Å². The van der Waals surface area contributed by atoms with E-state index < -0.39 is 0 Å². The summed E-state index contributed by atoms with van der Waals surface area (Å²) in [6.45, 7) is 5.81. The van der Waals surface area contributed by atoms with Gasteiger partial charge in [-0.25, -0.2) is 4.98 Å². The lowest BCUT2D eigenvalue weighted by Crippen LogP contribution is -2.27. The van der Waals surface area contributed by atoms with Gasteiger partial charge in [-0.2, -0.15) is 0 Å². The Hall–Kier alpha value is -1.68. The van der Waals surface area contributed by atoms with E-state index in [1.165, 1.54) is 0 Å². The van der Waals surface area contributed by atoms with Crippen LogP contribution in [0.15, 0.2) is 30.3 Å². The zero-order valence-electron chi connectivity index (χ0n) is 10.7. The second kappa shape index (κ2) is 5.31. The molecule has 1 atom stereocenters. The van der Waals surface area contributed by atoms with Crippen LogP contribution in [0.4, 0.5) is 0 Å². The molecule has 0 radical (unpaired) electrons. The lowest BCUT2D eigenvalue weighted by Gasteiger charge is -2.13. The molecule has 1 aromatic heterocycles. The van der Waals surface area contributed by atoms with E-state index in [0.717, 1.165) is 15.4 Å². The van der Waals surface area contributed by atoms with Crippen LogP contribution in [0, 0.1) is 13.8 Å². The molecule has 1 unspecified atom stereocenters. The summed E-state index contributed by atoms with van der Waals surface area (Å²) in [7, 11) is 0. The van der Waals surface area contributed by atoms with Gasteiger partial charge in [-0.3, -0.25) is 4.79 Å². The minimum atomic E-state index is -0.104. The molecule has 0 fully saturated rings. The van der Waals surface area contributed by atoms with Crippen LogP contribution in [0.2, 0.25) is 0 Å². The minimum absolute atomic E-state index is 0.0138. The Labute approximate surface area is 111 Å². The van der Waals surface area contributed by atoms with Crippen LogP contribution in [0.3, 0.4) is 0 Å². The molecule has 4 heteroatoms. The predicted octanol–water partition coefficient (Wildman–Crippen LogP) is 3.25. The van der Waals surface area contributed by atoms with Crippen LogP contribution < -0.4 is 5.32 Å². The van der Waals surface area contributed by atoms with E-state index in [0.29, 0.717) is 5.69 Å². The smallest absolute Gasteiger partial charge is 0.271 e. The van der Waals surface area contributed by atoms with Crippen molar-refractivity contribution >= 4 is 17.2 Å². The highest BCUT2D eigenvalue weighted by Crippen LogP contribution is 2.18. The molecule has 0 bridgehead atoms. The first-order valence-electron chi connectivity index (χ1n) is 5.87. The fourth-order valence-corrected chi connectivity index (χ4v) is 2.64. The van der Waals surface area contributed by atoms with Gasteiger partial charge in [-0.1, -0.05) is 30.3 Å². The molecule has 0 aliphatic rings. The van der Waals surface area contributed by atoms with Gasteiger partial charge in [0, 0.05) is 4.88 Å². The molecule has 1 N–H and O–H groups in total. The van der Waals surface area contributed by atoms with Crippen LogP contribution >= 0.6 is 11.3 Å². The van der Waals surface area contributed by atoms with Gasteiger partial charge in [0.15, 0.2) is 0 Å². The molecular formula is C14H16N2OS. The molecule has 1 heterocycles. The maximum Gasteiger partial charge on any atom is 0.271 e. The third-order valence-electron chi connectivity index (χ3n) is 2.77. The fourth-order valence-electron chi connectivity index (χ4n) is 1.83. The molecular weight excluding hydrogens is 244 g/mol. The largest absolute Gasteiger partial charge is 0.344 e. The number of thiazole rings is 1. The summed E-state index contributed by atoms with van der Waals surface area (Å²) < 4.78 is 0. The van der Waals surface area contributed by atoms with Gasteiger partial charge < -0.3 is 5.32 Å². The Kier molecular flexibility index (Phi) is 3.77. The Morgan fingerprint density at radius 2 is 1.94 bits per heavy atom. The van der Waals surface area contributed by atoms with Crippen molar-refractivity contribution in [3.8, 4) is 0 Å². The zero-order valence-corrected chi connectivity index (χ0v) is 11.5. The first-order valence-corrected chi connectivity index (χ1v) is 6.69. The normalized spacial score (nSPS) is 12.2. The van der Waals surface area contributed by atoms with Crippen LogP contribution in [0.25, 0.3) is 0 Å². The highest BCUT2D eigenvalue weighted by Gasteiger charge is 2.16. The quantitative estimate of drug-likeness (QED) is 0.920. The molecule has 1 aromatic carbocycles. The standard InChI is InChI=1S/C14H16N2OS/c1-9(12-7-5-4-6-8-12)15-14(17)13-10(2)18-11(3)16-13/h4-9H,1-3H3,(H,15,17). The molecule has 2 rings (SSSR count). The van der Waals surface area contributed by atoms with Crippen molar-refractivity contribution in [2.45, 2.75) is 26.8 Å². The molecule has 94 valence electrons. The van der Waals surface area contributed by atoms with Crippen LogP contribution in [0.1, 0.15) is 38.9 Å². The molecule has 18 heavy (non-hydrogen) atoms. The number of aryl methyl sites for hydroxylation is 2. The summed E-state index contributed by atoms with van der Waals surface area (Å²) in [6.07, 6.45) is 0. The highest BCUT2D eigenvalue weighted by atomic mass is 32.1. The number of carbonyl (C=O) groups is 1. The van der Waals surface area contributed by atoms with Crippen LogP contribution in [-0.4, -0.2) is 10.9 Å². The van der Waals surface area contributed by atoms with Gasteiger partial charge in [0.1, 0.15) is 5.69 Å². The minimum Gasteiger partial charge on any atom is -0.344 e. The Balaban J connectivity index is 2.10. The predicted molar refractivity (Wildman–Crippen MR) is 73.9 cm³/mol. The number of hydrogen-bond donors (Lipinski definition) is 1. The van der Waals surface area contributed by atoms with Crippen LogP contribution in [0.5, 0.6) is 0 Å². The van der Waals surface area contributed by atoms with Crippen molar-refractivity contribution in [3.05, 3.63) is 51.5 Å². The van der Waals surface area contributed by atoms with Crippen molar-refractivity contribution in [1.82, 2.24) is 10.3 Å². The van der Waals surface area contributed by atoms with Gasteiger partial charge in [0.2, 0.25) is 0 Å². The third-order valence-corrected chi connectivity index (χ3v) is 3.65. The van der Waals surface area contributed by atoms with Gasteiger partial charge in [0.25, 0.3) is 5.91 Å². The topological polar surface area (TPSA) is 42.0 Å². The summed E-state index contributed by atoms with van der Waals surface area (Å²) in [5.41, 5.74) is 1.63. The van der Waals surface area contributed by atoms with Gasteiger partial charge in [-0.15, -0.1) is 11.3 Å². The van der Waals surface area contributed by atoms with Crippen molar-refractivity contribution < 1.29 is 4.79 Å². The maximum absolute atomic E-state index is 12.1. The molecule has 0 saturated carbocycles. The average Bonchev–Trinajstić information content (AvgIpc) is 2.69. The van der Waals surface area contributed by atoms with E-state index in [4.69, 9.17) is 0 Å². The lowest BCUT2D eigenvalue weighted by molar-refractivity contribution is 0.0935. The molecule has 2 aromatic rings. The second-order valence-corrected chi connectivity index (χ2v) is 5.65. The van der Waals surface area contributed by atoms with E-state index in [1.807, 2.05) is 51.1 Å². The second-order valence-electron chi connectivity index (χ2n) is 4.24. The summed E-state index contributed by atoms with van der Waals surface area (Å²) in [6, 6.07) is 9.90. The monoisotopic (exact) mass is 260 g/mol. The average molecular weight is 260 g/mol. The SMILES string of the molecule is Cc1nc(C(=O)NC(C)c2ccccc2)c(C)s1. The Bertz CT molecular complexity index is 548. The Morgan fingerprint density at radius 3 is 2.50 bits per heavy atom. The number of carbonyl (C=O) groups excluding carboxylic acids is 1. The highest BCUT2D eigenvalue weighted by molar-refractivity contribution is 7.11. The number of amides is 1. The maximum atomic E-state index is 12.1. The van der Waals surface area contributed by atoms with Crippen molar-refractivity contribution in [1.29, 1.82) is 0 Å². The number of rotatable bonds is 3. The van der Waals surface area contributed by atoms with Gasteiger partial charge >= 0.3 is 0 Å². The summed E-state index contributed by atoms with van der Waals surface area (Å²) in [5, 5.41) is 3.89. The molecule has 0 spiro atoms. The summed E-state index contributed by atoms with van der Waals surface area (Å²) >= 11 is 1.55. The number of benzene rings is 1. The van der Waals surface area contributed by atoms with Crippen molar-refractivity contribution in [2.75, 3.05) is 0 Å². The Morgan fingerprint density at radius 1 is 1.28 bits per heavy atom. The van der Waals surface area contributed by atoms with E-state index >= 15 is 0 Å². The summed E-state index contributed by atoms with van der Waals surface area (Å²) in [5.74, 6) is -0.104. The zero-order chi connectivity index (χ0) is 13.1. The van der Waals surface area contributed by atoms with Gasteiger partial charge in [0.05, 0.1) is 11.0 Å². The number of nitrogens with zero attached hydrogens (tertiary/aromatic N) is 1. The first-order chi connectivity index (χ1) is 8.58. The molecule has 0 aliphatic carbocycles. The lowest BCUT2D eigenvalue weighted by atomic mass is 10.1. The van der Waals surface area contributed by atoms with E-state index in [9.17, 15) is 4.79 Å². The molecule has 3 nitrogen and oxygen atoms in total. The number of aromatic nitrogens is 1. The molecule has 1 amide bonds. The van der Waals surface area contributed by atoms with E-state index in [2.05, 4.69) is 10.3 Å². The summed E-state index contributed by atoms with van der Waals surface area (Å²) in [4.78, 5) is 17.3. The van der Waals surface area contributed by atoms with Crippen LogP contribution in [-0.2, 0) is 0 Å². The van der Waals surface area contributed by atoms with Gasteiger partial charge in [-0.05, 0) is 26.3 Å².